The quantitative estimate of drug-likeness (QED) is 0.895. The van der Waals surface area contributed by atoms with Crippen LogP contribution in [0.15, 0.2) is 24.3 Å². The number of nitrogens with zero attached hydrogens (tertiary/aromatic N) is 2. The lowest BCUT2D eigenvalue weighted by molar-refractivity contribution is 0.671. The Balaban J connectivity index is 1.59. The zero-order valence-electron chi connectivity index (χ0n) is 10.7. The van der Waals surface area contributed by atoms with Gasteiger partial charge in [-0.25, -0.2) is 4.98 Å². The van der Waals surface area contributed by atoms with E-state index in [4.69, 9.17) is 11.6 Å². The Labute approximate surface area is 117 Å². The minimum absolute atomic E-state index is 0.556. The highest BCUT2D eigenvalue weighted by molar-refractivity contribution is 6.30. The van der Waals surface area contributed by atoms with Gasteiger partial charge in [-0.1, -0.05) is 24.4 Å². The van der Waals surface area contributed by atoms with Crippen LogP contribution in [0, 0.1) is 0 Å². The molecule has 0 atom stereocenters. The van der Waals surface area contributed by atoms with E-state index in [1.54, 1.807) is 0 Å². The van der Waals surface area contributed by atoms with Crippen LogP contribution in [0.5, 0.6) is 0 Å². The fraction of sp³-hybridized carbons (Fsp3) is 0.429. The molecular weight excluding hydrogens is 260 g/mol. The highest BCUT2D eigenvalue weighted by Gasteiger charge is 2.20. The van der Waals surface area contributed by atoms with E-state index in [0.29, 0.717) is 12.5 Å². The molecule has 1 aromatic heterocycles. The Kier molecular flexibility index (Phi) is 3.69. The minimum atomic E-state index is 0.556. The van der Waals surface area contributed by atoms with E-state index in [2.05, 4.69) is 20.5 Å². The summed E-state index contributed by atoms with van der Waals surface area (Å²) >= 11 is 5.85. The van der Waals surface area contributed by atoms with Crippen molar-refractivity contribution in [3.8, 4) is 0 Å². The van der Waals surface area contributed by atoms with Crippen LogP contribution in [0.3, 0.4) is 0 Å². The molecule has 0 aliphatic heterocycles. The van der Waals surface area contributed by atoms with Crippen molar-refractivity contribution in [1.82, 2.24) is 15.2 Å². The lowest BCUT2D eigenvalue weighted by Gasteiger charge is -2.04. The van der Waals surface area contributed by atoms with Crippen LogP contribution in [0.2, 0.25) is 5.02 Å². The van der Waals surface area contributed by atoms with Crippen molar-refractivity contribution in [2.75, 3.05) is 5.32 Å². The van der Waals surface area contributed by atoms with Gasteiger partial charge in [0, 0.05) is 16.6 Å². The molecule has 0 bridgehead atoms. The molecule has 3 rings (SSSR count). The van der Waals surface area contributed by atoms with Gasteiger partial charge in [0.15, 0.2) is 5.82 Å². The normalized spacial score (nSPS) is 15.8. The third-order valence-electron chi connectivity index (χ3n) is 3.57. The zero-order chi connectivity index (χ0) is 13.1. The van der Waals surface area contributed by atoms with Crippen LogP contribution in [-0.4, -0.2) is 15.2 Å². The molecule has 0 amide bonds. The van der Waals surface area contributed by atoms with Gasteiger partial charge < -0.3 is 5.32 Å². The first-order valence-electron chi connectivity index (χ1n) is 6.72. The average molecular weight is 277 g/mol. The summed E-state index contributed by atoms with van der Waals surface area (Å²) in [6.07, 6.45) is 5.05. The lowest BCUT2D eigenvalue weighted by Crippen LogP contribution is -2.01. The third-order valence-corrected chi connectivity index (χ3v) is 3.83. The van der Waals surface area contributed by atoms with Gasteiger partial charge in [-0.2, -0.15) is 5.10 Å². The molecule has 1 aromatic carbocycles. The monoisotopic (exact) mass is 276 g/mol. The molecule has 1 fully saturated rings. The Morgan fingerprint density at radius 3 is 2.68 bits per heavy atom. The largest absolute Gasteiger partial charge is 0.378 e. The van der Waals surface area contributed by atoms with E-state index in [1.807, 2.05) is 24.3 Å². The van der Waals surface area contributed by atoms with Crippen molar-refractivity contribution < 1.29 is 0 Å². The summed E-state index contributed by atoms with van der Waals surface area (Å²) in [6.45, 7) is 0.654. The predicted octanol–water partition coefficient (Wildman–Crippen LogP) is 3.73. The van der Waals surface area contributed by atoms with Gasteiger partial charge in [-0.05, 0) is 37.1 Å². The molecule has 19 heavy (non-hydrogen) atoms. The molecule has 1 aliphatic rings. The van der Waals surface area contributed by atoms with E-state index < -0.39 is 0 Å². The number of nitrogens with one attached hydrogen (secondary N) is 2. The number of aromatic nitrogens is 3. The van der Waals surface area contributed by atoms with Crippen LogP contribution < -0.4 is 5.32 Å². The van der Waals surface area contributed by atoms with E-state index in [0.717, 1.165) is 22.4 Å². The average Bonchev–Trinajstić information content (AvgIpc) is 3.09. The first-order chi connectivity index (χ1) is 9.31. The molecule has 0 radical (unpaired) electrons. The van der Waals surface area contributed by atoms with Gasteiger partial charge in [0.05, 0.1) is 6.54 Å². The van der Waals surface area contributed by atoms with Crippen molar-refractivity contribution >= 4 is 17.3 Å². The first-order valence-corrected chi connectivity index (χ1v) is 7.10. The molecule has 5 heteroatoms. The van der Waals surface area contributed by atoms with Crippen molar-refractivity contribution in [3.05, 3.63) is 40.9 Å². The van der Waals surface area contributed by atoms with Crippen molar-refractivity contribution in [2.45, 2.75) is 38.1 Å². The maximum absolute atomic E-state index is 5.85. The van der Waals surface area contributed by atoms with Gasteiger partial charge in [-0.15, -0.1) is 0 Å². The molecule has 1 heterocycles. The van der Waals surface area contributed by atoms with Crippen molar-refractivity contribution in [1.29, 1.82) is 0 Å². The molecule has 1 saturated carbocycles. The molecular formula is C14H17ClN4. The zero-order valence-corrected chi connectivity index (χ0v) is 11.5. The number of aromatic amines is 1. The summed E-state index contributed by atoms with van der Waals surface area (Å²) < 4.78 is 0. The molecule has 2 aromatic rings. The van der Waals surface area contributed by atoms with Gasteiger partial charge in [0.1, 0.15) is 5.82 Å². The molecule has 1 aliphatic carbocycles. The summed E-state index contributed by atoms with van der Waals surface area (Å²) in [5, 5.41) is 11.4. The standard InChI is InChI=1S/C14H17ClN4/c15-11-5-7-12(8-6-11)16-9-13-17-14(19-18-13)10-3-1-2-4-10/h5-8,10,16H,1-4,9H2,(H,17,18,19). The number of hydrogen-bond donors (Lipinski definition) is 2. The Bertz CT molecular complexity index is 529. The second kappa shape index (κ2) is 5.61. The topological polar surface area (TPSA) is 53.6 Å². The summed E-state index contributed by atoms with van der Waals surface area (Å²) in [6, 6.07) is 7.65. The fourth-order valence-corrected chi connectivity index (χ4v) is 2.64. The maximum atomic E-state index is 5.85. The number of halogens is 1. The van der Waals surface area contributed by atoms with E-state index in [-0.39, 0.29) is 0 Å². The molecule has 0 unspecified atom stereocenters. The van der Waals surface area contributed by atoms with E-state index in [9.17, 15) is 0 Å². The highest BCUT2D eigenvalue weighted by Crippen LogP contribution is 2.31. The summed E-state index contributed by atoms with van der Waals surface area (Å²) in [5.74, 6) is 2.42. The number of benzene rings is 1. The molecule has 0 saturated heterocycles. The van der Waals surface area contributed by atoms with Crippen molar-refractivity contribution in [3.63, 3.8) is 0 Å². The summed E-state index contributed by atoms with van der Waals surface area (Å²) in [4.78, 5) is 4.57. The Morgan fingerprint density at radius 1 is 1.21 bits per heavy atom. The maximum Gasteiger partial charge on any atom is 0.153 e. The van der Waals surface area contributed by atoms with Crippen molar-refractivity contribution in [2.24, 2.45) is 0 Å². The second-order valence-electron chi connectivity index (χ2n) is 4.98. The second-order valence-corrected chi connectivity index (χ2v) is 5.42. The summed E-state index contributed by atoms with van der Waals surface area (Å²) in [7, 11) is 0. The SMILES string of the molecule is Clc1ccc(NCc2nc(C3CCCC3)n[nH]2)cc1. The molecule has 4 nitrogen and oxygen atoms in total. The lowest BCUT2D eigenvalue weighted by atomic mass is 10.1. The van der Waals surface area contributed by atoms with Crippen LogP contribution in [-0.2, 0) is 6.54 Å². The van der Waals surface area contributed by atoms with Crippen LogP contribution in [0.1, 0.15) is 43.3 Å². The van der Waals surface area contributed by atoms with Crippen LogP contribution in [0.25, 0.3) is 0 Å². The highest BCUT2D eigenvalue weighted by atomic mass is 35.5. The molecule has 100 valence electrons. The van der Waals surface area contributed by atoms with Crippen LogP contribution >= 0.6 is 11.6 Å². The fourth-order valence-electron chi connectivity index (χ4n) is 2.51. The van der Waals surface area contributed by atoms with Gasteiger partial charge in [0.2, 0.25) is 0 Å². The van der Waals surface area contributed by atoms with Gasteiger partial charge in [0.25, 0.3) is 0 Å². The minimum Gasteiger partial charge on any atom is -0.378 e. The summed E-state index contributed by atoms with van der Waals surface area (Å²) in [5.41, 5.74) is 1.03. The van der Waals surface area contributed by atoms with Gasteiger partial charge >= 0.3 is 0 Å². The van der Waals surface area contributed by atoms with Crippen LogP contribution in [0.4, 0.5) is 5.69 Å². The smallest absolute Gasteiger partial charge is 0.153 e. The number of anilines is 1. The number of rotatable bonds is 4. The third kappa shape index (κ3) is 3.07. The van der Waals surface area contributed by atoms with Gasteiger partial charge in [-0.3, -0.25) is 5.10 Å². The number of H-pyrrole nitrogens is 1. The predicted molar refractivity (Wildman–Crippen MR) is 76.4 cm³/mol. The first kappa shape index (κ1) is 12.5. The molecule has 2 N–H and O–H groups in total. The van der Waals surface area contributed by atoms with E-state index in [1.165, 1.54) is 25.7 Å². The number of hydrogen-bond acceptors (Lipinski definition) is 3. The Morgan fingerprint density at radius 2 is 1.95 bits per heavy atom. The Hall–Kier alpha value is -1.55. The molecule has 0 spiro atoms. The van der Waals surface area contributed by atoms with E-state index >= 15 is 0 Å².